The molecule has 1 aromatic carbocycles. The summed E-state index contributed by atoms with van der Waals surface area (Å²) in [5.41, 5.74) is 2.06. The minimum atomic E-state index is -0.335. The molecule has 96 valence electrons. The topological polar surface area (TPSA) is 65.9 Å². The van der Waals surface area contributed by atoms with Gasteiger partial charge in [0.15, 0.2) is 5.78 Å². The molecule has 0 aliphatic carbocycles. The zero-order valence-electron chi connectivity index (χ0n) is 10.5. The first kappa shape index (κ1) is 11.9. The number of nitrogens with zero attached hydrogens (tertiary/aromatic N) is 1. The predicted octanol–water partition coefficient (Wildman–Crippen LogP) is 2.79. The first-order valence-corrected chi connectivity index (χ1v) is 6.46. The molecule has 0 radical (unpaired) electrons. The third kappa shape index (κ3) is 2.13. The molecule has 0 saturated carbocycles. The number of H-pyrrole nitrogens is 1. The zero-order valence-corrected chi connectivity index (χ0v) is 10.5. The van der Waals surface area contributed by atoms with Gasteiger partial charge in [-0.2, -0.15) is 5.26 Å². The number of hydrogen-bond donors (Lipinski definition) is 1. The maximum atomic E-state index is 12.4. The highest BCUT2D eigenvalue weighted by Gasteiger charge is 2.25. The van der Waals surface area contributed by atoms with E-state index in [0.717, 1.165) is 30.2 Å². The van der Waals surface area contributed by atoms with Gasteiger partial charge in [0.25, 0.3) is 0 Å². The van der Waals surface area contributed by atoms with Crippen molar-refractivity contribution in [2.24, 2.45) is 0 Å². The number of nitrogens with one attached hydrogen (secondary N) is 1. The van der Waals surface area contributed by atoms with Crippen LogP contribution in [0.1, 0.15) is 35.2 Å². The van der Waals surface area contributed by atoms with E-state index in [2.05, 4.69) is 11.1 Å². The quantitative estimate of drug-likeness (QED) is 0.838. The van der Waals surface area contributed by atoms with E-state index in [1.54, 1.807) is 18.3 Å². The van der Waals surface area contributed by atoms with E-state index in [0.29, 0.717) is 17.7 Å². The molecule has 1 N–H and O–H groups in total. The first-order valence-electron chi connectivity index (χ1n) is 6.46. The van der Waals surface area contributed by atoms with E-state index in [-0.39, 0.29) is 11.9 Å². The lowest BCUT2D eigenvalue weighted by Gasteiger charge is -2.20. The van der Waals surface area contributed by atoms with E-state index in [1.165, 1.54) is 0 Å². The van der Waals surface area contributed by atoms with Gasteiger partial charge in [0.05, 0.1) is 11.6 Å². The van der Waals surface area contributed by atoms with Gasteiger partial charge in [0.2, 0.25) is 0 Å². The standard InChI is InChI=1S/C15H14N2O2/c16-8-10-4-5-13-11(7-10)12(9-17-13)15(18)14-3-1-2-6-19-14/h4-5,7,9,14,17H,1-3,6H2. The summed E-state index contributed by atoms with van der Waals surface area (Å²) >= 11 is 0. The lowest BCUT2D eigenvalue weighted by Crippen LogP contribution is -2.28. The number of carbonyl (C=O) groups is 1. The van der Waals surface area contributed by atoms with Gasteiger partial charge < -0.3 is 9.72 Å². The van der Waals surface area contributed by atoms with Crippen molar-refractivity contribution >= 4 is 16.7 Å². The lowest BCUT2D eigenvalue weighted by atomic mass is 9.99. The number of nitriles is 1. The highest BCUT2D eigenvalue weighted by atomic mass is 16.5. The number of aromatic amines is 1. The Bertz CT molecular complexity index is 660. The van der Waals surface area contributed by atoms with E-state index < -0.39 is 0 Å². The van der Waals surface area contributed by atoms with Crippen LogP contribution in [0.2, 0.25) is 0 Å². The normalized spacial score (nSPS) is 19.2. The van der Waals surface area contributed by atoms with Gasteiger partial charge in [-0.05, 0) is 37.5 Å². The van der Waals surface area contributed by atoms with Gasteiger partial charge >= 0.3 is 0 Å². The molecule has 19 heavy (non-hydrogen) atoms. The van der Waals surface area contributed by atoms with Crippen molar-refractivity contribution in [1.82, 2.24) is 4.98 Å². The zero-order chi connectivity index (χ0) is 13.2. The molecular weight excluding hydrogens is 240 g/mol. The molecule has 2 heterocycles. The van der Waals surface area contributed by atoms with Gasteiger partial charge in [-0.3, -0.25) is 4.79 Å². The Morgan fingerprint density at radius 2 is 2.32 bits per heavy atom. The summed E-state index contributed by atoms with van der Waals surface area (Å²) < 4.78 is 5.54. The van der Waals surface area contributed by atoms with Crippen molar-refractivity contribution in [2.45, 2.75) is 25.4 Å². The monoisotopic (exact) mass is 254 g/mol. The molecule has 4 nitrogen and oxygen atoms in total. The first-order chi connectivity index (χ1) is 9.29. The molecule has 1 unspecified atom stereocenters. The average Bonchev–Trinajstić information content (AvgIpc) is 2.90. The second-order valence-corrected chi connectivity index (χ2v) is 4.79. The number of aromatic nitrogens is 1. The van der Waals surface area contributed by atoms with Crippen LogP contribution in [-0.2, 0) is 4.74 Å². The molecule has 1 atom stereocenters. The maximum Gasteiger partial charge on any atom is 0.193 e. The highest BCUT2D eigenvalue weighted by molar-refractivity contribution is 6.10. The third-order valence-electron chi connectivity index (χ3n) is 3.55. The molecule has 1 aromatic heterocycles. The Labute approximate surface area is 111 Å². The van der Waals surface area contributed by atoms with Gasteiger partial charge in [0.1, 0.15) is 6.10 Å². The van der Waals surface area contributed by atoms with Crippen molar-refractivity contribution in [3.63, 3.8) is 0 Å². The predicted molar refractivity (Wildman–Crippen MR) is 70.9 cm³/mol. The van der Waals surface area contributed by atoms with Crippen molar-refractivity contribution in [1.29, 1.82) is 5.26 Å². The van der Waals surface area contributed by atoms with Crippen molar-refractivity contribution in [2.75, 3.05) is 6.61 Å². The Morgan fingerprint density at radius 3 is 3.05 bits per heavy atom. The number of ether oxygens (including phenoxy) is 1. The fourth-order valence-corrected chi connectivity index (χ4v) is 2.51. The molecule has 3 rings (SSSR count). The van der Waals surface area contributed by atoms with E-state index in [1.807, 2.05) is 6.07 Å². The van der Waals surface area contributed by atoms with Crippen molar-refractivity contribution in [3.8, 4) is 6.07 Å². The molecule has 1 saturated heterocycles. The smallest absolute Gasteiger partial charge is 0.193 e. The molecule has 1 aliphatic rings. The van der Waals surface area contributed by atoms with E-state index >= 15 is 0 Å². The minimum absolute atomic E-state index is 0.0149. The summed E-state index contributed by atoms with van der Waals surface area (Å²) in [4.78, 5) is 15.5. The Morgan fingerprint density at radius 1 is 1.42 bits per heavy atom. The second-order valence-electron chi connectivity index (χ2n) is 4.79. The second kappa shape index (κ2) is 4.87. The van der Waals surface area contributed by atoms with Crippen LogP contribution in [0.3, 0.4) is 0 Å². The summed E-state index contributed by atoms with van der Waals surface area (Å²) in [6.45, 7) is 0.655. The van der Waals surface area contributed by atoms with Gasteiger partial charge in [-0.15, -0.1) is 0 Å². The van der Waals surface area contributed by atoms with Gasteiger partial charge in [-0.1, -0.05) is 0 Å². The Balaban J connectivity index is 2.00. The molecule has 1 fully saturated rings. The number of ketones is 1. The molecular formula is C15H14N2O2. The molecule has 0 spiro atoms. The summed E-state index contributed by atoms with van der Waals surface area (Å²) in [6.07, 6.45) is 4.21. The van der Waals surface area contributed by atoms with E-state index in [9.17, 15) is 4.79 Å². The average molecular weight is 254 g/mol. The summed E-state index contributed by atoms with van der Waals surface area (Å²) in [6, 6.07) is 7.42. The van der Waals surface area contributed by atoms with Crippen LogP contribution in [0.15, 0.2) is 24.4 Å². The molecule has 1 aliphatic heterocycles. The molecule has 0 amide bonds. The van der Waals surface area contributed by atoms with Gasteiger partial charge in [0, 0.05) is 29.3 Å². The van der Waals surface area contributed by atoms with Crippen LogP contribution in [0.25, 0.3) is 10.9 Å². The fourth-order valence-electron chi connectivity index (χ4n) is 2.51. The highest BCUT2D eigenvalue weighted by Crippen LogP contribution is 2.24. The summed E-state index contributed by atoms with van der Waals surface area (Å²) in [7, 11) is 0. The number of hydrogen-bond acceptors (Lipinski definition) is 3. The van der Waals surface area contributed by atoms with Crippen LogP contribution in [0, 0.1) is 11.3 Å². The van der Waals surface area contributed by atoms with Crippen LogP contribution in [0.5, 0.6) is 0 Å². The molecule has 0 bridgehead atoms. The number of fused-ring (bicyclic) bond motifs is 1. The minimum Gasteiger partial charge on any atom is -0.370 e. The molecule has 4 heteroatoms. The number of Topliss-reactive ketones (excluding diaryl/α,β-unsaturated/α-hetero) is 1. The number of rotatable bonds is 2. The van der Waals surface area contributed by atoms with Gasteiger partial charge in [-0.25, -0.2) is 0 Å². The maximum absolute atomic E-state index is 12.4. The van der Waals surface area contributed by atoms with Crippen molar-refractivity contribution < 1.29 is 9.53 Å². The Kier molecular flexibility index (Phi) is 3.06. The lowest BCUT2D eigenvalue weighted by molar-refractivity contribution is 0.0188. The van der Waals surface area contributed by atoms with Crippen LogP contribution >= 0.6 is 0 Å². The van der Waals surface area contributed by atoms with Crippen LogP contribution in [-0.4, -0.2) is 23.5 Å². The summed E-state index contributed by atoms with van der Waals surface area (Å²) in [5, 5.41) is 9.75. The summed E-state index contributed by atoms with van der Waals surface area (Å²) in [5.74, 6) is 0.0149. The molecule has 2 aromatic rings. The SMILES string of the molecule is N#Cc1ccc2[nH]cc(C(=O)C3CCCCO3)c2c1. The number of benzene rings is 1. The number of carbonyl (C=O) groups excluding carboxylic acids is 1. The third-order valence-corrected chi connectivity index (χ3v) is 3.55. The Hall–Kier alpha value is -2.12. The van der Waals surface area contributed by atoms with Crippen LogP contribution in [0.4, 0.5) is 0 Å². The van der Waals surface area contributed by atoms with E-state index in [4.69, 9.17) is 10.00 Å². The largest absolute Gasteiger partial charge is 0.370 e. The van der Waals surface area contributed by atoms with Crippen LogP contribution < -0.4 is 0 Å². The van der Waals surface area contributed by atoms with Crippen molar-refractivity contribution in [3.05, 3.63) is 35.5 Å². The fraction of sp³-hybridized carbons (Fsp3) is 0.333.